The van der Waals surface area contributed by atoms with Crippen molar-refractivity contribution in [1.82, 2.24) is 9.80 Å². The third kappa shape index (κ3) is 4.24. The van der Waals surface area contributed by atoms with Gasteiger partial charge in [0.25, 0.3) is 0 Å². The highest BCUT2D eigenvalue weighted by molar-refractivity contribution is 5.33. The van der Waals surface area contributed by atoms with Gasteiger partial charge < -0.3 is 5.11 Å². The van der Waals surface area contributed by atoms with Crippen LogP contribution in [0.15, 0.2) is 18.2 Å². The number of β-amino-alcohol motifs (C(OH)–C–C–N with tert-alkyl or cyclic N) is 1. The molecular formula is C16H22FN3O. The lowest BCUT2D eigenvalue weighted by Crippen LogP contribution is -2.53. The molecule has 0 bridgehead atoms. The first-order valence-electron chi connectivity index (χ1n) is 7.32. The van der Waals surface area contributed by atoms with Crippen molar-refractivity contribution in [2.45, 2.75) is 32.5 Å². The highest BCUT2D eigenvalue weighted by Gasteiger charge is 2.24. The fourth-order valence-electron chi connectivity index (χ4n) is 2.83. The molecule has 1 aromatic rings. The number of aliphatic hydroxyl groups is 1. The Balaban J connectivity index is 1.98. The number of aliphatic hydroxyl groups excluding tert-OH is 1. The van der Waals surface area contributed by atoms with E-state index < -0.39 is 0 Å². The SMILES string of the molecule is C[C@H](O)CN1CCN(Cc2cc(C#N)ccc2F)C[C@@H]1C. The van der Waals surface area contributed by atoms with Crippen molar-refractivity contribution < 1.29 is 9.50 Å². The third-order valence-electron chi connectivity index (χ3n) is 3.92. The highest BCUT2D eigenvalue weighted by Crippen LogP contribution is 2.16. The van der Waals surface area contributed by atoms with Crippen LogP contribution in [-0.4, -0.2) is 53.2 Å². The lowest BCUT2D eigenvalue weighted by Gasteiger charge is -2.40. The minimum Gasteiger partial charge on any atom is -0.392 e. The Labute approximate surface area is 125 Å². The van der Waals surface area contributed by atoms with E-state index in [1.165, 1.54) is 12.1 Å². The second kappa shape index (κ2) is 6.99. The predicted molar refractivity (Wildman–Crippen MR) is 79.1 cm³/mol. The molecule has 0 unspecified atom stereocenters. The second-order valence-corrected chi connectivity index (χ2v) is 5.85. The molecule has 2 rings (SSSR count). The van der Waals surface area contributed by atoms with E-state index in [9.17, 15) is 9.50 Å². The van der Waals surface area contributed by atoms with Crippen LogP contribution in [0.1, 0.15) is 25.0 Å². The first kappa shape index (κ1) is 15.9. The molecule has 0 amide bonds. The Kier molecular flexibility index (Phi) is 5.29. The van der Waals surface area contributed by atoms with Gasteiger partial charge in [-0.1, -0.05) is 0 Å². The molecule has 1 fully saturated rings. The van der Waals surface area contributed by atoms with E-state index in [0.29, 0.717) is 30.3 Å². The van der Waals surface area contributed by atoms with Crippen LogP contribution in [0.5, 0.6) is 0 Å². The summed E-state index contributed by atoms with van der Waals surface area (Å²) in [7, 11) is 0. The van der Waals surface area contributed by atoms with Gasteiger partial charge in [-0.05, 0) is 32.0 Å². The number of piperazine rings is 1. The van der Waals surface area contributed by atoms with Crippen molar-refractivity contribution in [1.29, 1.82) is 5.26 Å². The molecule has 2 atom stereocenters. The monoisotopic (exact) mass is 291 g/mol. The van der Waals surface area contributed by atoms with Crippen molar-refractivity contribution in [2.75, 3.05) is 26.2 Å². The fourth-order valence-corrected chi connectivity index (χ4v) is 2.83. The maximum atomic E-state index is 13.8. The van der Waals surface area contributed by atoms with Gasteiger partial charge in [-0.2, -0.15) is 5.26 Å². The number of rotatable bonds is 4. The quantitative estimate of drug-likeness (QED) is 0.915. The van der Waals surface area contributed by atoms with E-state index in [0.717, 1.165) is 19.6 Å². The van der Waals surface area contributed by atoms with Crippen LogP contribution in [0.2, 0.25) is 0 Å². The molecule has 1 heterocycles. The summed E-state index contributed by atoms with van der Waals surface area (Å²) in [6, 6.07) is 6.87. The number of hydrogen-bond acceptors (Lipinski definition) is 4. The van der Waals surface area contributed by atoms with Crippen LogP contribution in [0.25, 0.3) is 0 Å². The summed E-state index contributed by atoms with van der Waals surface area (Å²) >= 11 is 0. The van der Waals surface area contributed by atoms with Gasteiger partial charge in [-0.3, -0.25) is 9.80 Å². The summed E-state index contributed by atoms with van der Waals surface area (Å²) in [6.45, 7) is 7.65. The van der Waals surface area contributed by atoms with Gasteiger partial charge in [0, 0.05) is 44.3 Å². The van der Waals surface area contributed by atoms with Gasteiger partial charge in [0.1, 0.15) is 5.82 Å². The molecule has 114 valence electrons. The van der Waals surface area contributed by atoms with Crippen molar-refractivity contribution in [3.05, 3.63) is 35.1 Å². The molecular weight excluding hydrogens is 269 g/mol. The van der Waals surface area contributed by atoms with Crippen molar-refractivity contribution >= 4 is 0 Å². The predicted octanol–water partition coefficient (Wildman–Crippen LogP) is 1.58. The minimum absolute atomic E-state index is 0.256. The molecule has 21 heavy (non-hydrogen) atoms. The maximum Gasteiger partial charge on any atom is 0.127 e. The minimum atomic E-state index is -0.330. The van der Waals surface area contributed by atoms with Crippen LogP contribution in [-0.2, 0) is 6.54 Å². The molecule has 1 saturated heterocycles. The molecule has 1 aliphatic heterocycles. The number of nitrogens with zero attached hydrogens (tertiary/aromatic N) is 3. The number of halogens is 1. The summed E-state index contributed by atoms with van der Waals surface area (Å²) in [5.41, 5.74) is 1.07. The van der Waals surface area contributed by atoms with Gasteiger partial charge in [-0.15, -0.1) is 0 Å². The van der Waals surface area contributed by atoms with Crippen LogP contribution in [0.3, 0.4) is 0 Å². The smallest absolute Gasteiger partial charge is 0.127 e. The zero-order chi connectivity index (χ0) is 15.4. The van der Waals surface area contributed by atoms with Crippen molar-refractivity contribution in [3.63, 3.8) is 0 Å². The normalized spacial score (nSPS) is 22.0. The molecule has 1 aliphatic rings. The summed E-state index contributed by atoms with van der Waals surface area (Å²) in [5, 5.41) is 18.4. The molecule has 1 N–H and O–H groups in total. The van der Waals surface area contributed by atoms with Gasteiger partial charge in [0.2, 0.25) is 0 Å². The van der Waals surface area contributed by atoms with Crippen molar-refractivity contribution in [3.8, 4) is 6.07 Å². The molecule has 0 radical (unpaired) electrons. The molecule has 4 nitrogen and oxygen atoms in total. The Morgan fingerprint density at radius 3 is 2.86 bits per heavy atom. The van der Waals surface area contributed by atoms with E-state index in [1.54, 1.807) is 13.0 Å². The topological polar surface area (TPSA) is 50.5 Å². The van der Waals surface area contributed by atoms with E-state index in [4.69, 9.17) is 5.26 Å². The third-order valence-corrected chi connectivity index (χ3v) is 3.92. The van der Waals surface area contributed by atoms with Gasteiger partial charge >= 0.3 is 0 Å². The average Bonchev–Trinajstić information content (AvgIpc) is 2.44. The number of nitriles is 1. The Hall–Kier alpha value is -1.48. The van der Waals surface area contributed by atoms with Crippen molar-refractivity contribution in [2.24, 2.45) is 0 Å². The summed E-state index contributed by atoms with van der Waals surface area (Å²) in [4.78, 5) is 4.45. The Morgan fingerprint density at radius 2 is 2.24 bits per heavy atom. The molecule has 0 saturated carbocycles. The van der Waals surface area contributed by atoms with E-state index in [2.05, 4.69) is 16.7 Å². The number of hydrogen-bond donors (Lipinski definition) is 1. The van der Waals surface area contributed by atoms with Gasteiger partial charge in [-0.25, -0.2) is 4.39 Å². The lowest BCUT2D eigenvalue weighted by atomic mass is 10.1. The van der Waals surface area contributed by atoms with Gasteiger partial charge in [0.15, 0.2) is 0 Å². The second-order valence-electron chi connectivity index (χ2n) is 5.85. The molecule has 1 aromatic carbocycles. The lowest BCUT2D eigenvalue weighted by molar-refractivity contribution is 0.0419. The van der Waals surface area contributed by atoms with Crippen LogP contribution < -0.4 is 0 Å². The fraction of sp³-hybridized carbons (Fsp3) is 0.562. The summed E-state index contributed by atoms with van der Waals surface area (Å²) in [5.74, 6) is -0.256. The summed E-state index contributed by atoms with van der Waals surface area (Å²) < 4.78 is 13.8. The largest absolute Gasteiger partial charge is 0.392 e. The van der Waals surface area contributed by atoms with Crippen LogP contribution in [0, 0.1) is 17.1 Å². The highest BCUT2D eigenvalue weighted by atomic mass is 19.1. The van der Waals surface area contributed by atoms with Crippen LogP contribution >= 0.6 is 0 Å². The average molecular weight is 291 g/mol. The number of benzene rings is 1. The molecule has 0 aliphatic carbocycles. The molecule has 0 spiro atoms. The van der Waals surface area contributed by atoms with E-state index in [-0.39, 0.29) is 11.9 Å². The zero-order valence-corrected chi connectivity index (χ0v) is 12.6. The Morgan fingerprint density at radius 1 is 1.48 bits per heavy atom. The van der Waals surface area contributed by atoms with Crippen LogP contribution in [0.4, 0.5) is 4.39 Å². The standard InChI is InChI=1S/C16H22FN3O/c1-12-9-19(5-6-20(12)10-13(2)21)11-15-7-14(8-18)3-4-16(15)17/h3-4,7,12-13,21H,5-6,9-11H2,1-2H3/t12-,13-/m0/s1. The zero-order valence-electron chi connectivity index (χ0n) is 12.6. The van der Waals surface area contributed by atoms with E-state index in [1.807, 2.05) is 6.07 Å². The maximum absolute atomic E-state index is 13.8. The first-order valence-corrected chi connectivity index (χ1v) is 7.32. The Bertz CT molecular complexity index is 527. The summed E-state index contributed by atoms with van der Waals surface area (Å²) in [6.07, 6.45) is -0.330. The molecule has 0 aromatic heterocycles. The van der Waals surface area contributed by atoms with E-state index >= 15 is 0 Å². The van der Waals surface area contributed by atoms with Gasteiger partial charge in [0.05, 0.1) is 17.7 Å². The molecule has 5 heteroatoms. The first-order chi connectivity index (χ1) is 9.99.